The molecule has 0 aliphatic carbocycles. The maximum atomic E-state index is 4.26. The Morgan fingerprint density at radius 2 is 1.64 bits per heavy atom. The van der Waals surface area contributed by atoms with Crippen molar-refractivity contribution in [3.05, 3.63) is 102 Å². The van der Waals surface area contributed by atoms with E-state index in [1.807, 2.05) is 0 Å². The van der Waals surface area contributed by atoms with E-state index in [0.717, 1.165) is 12.1 Å². The third kappa shape index (κ3) is 1.92. The largest absolute Gasteiger partial charge is 0.345 e. The minimum absolute atomic E-state index is 0.905. The van der Waals surface area contributed by atoms with E-state index in [0.29, 0.717) is 0 Å². The van der Waals surface area contributed by atoms with Crippen LogP contribution in [0.4, 0.5) is 5.69 Å². The predicted molar refractivity (Wildman–Crippen MR) is 119 cm³/mol. The summed E-state index contributed by atoms with van der Waals surface area (Å²) in [7, 11) is 2.11. The van der Waals surface area contributed by atoms with E-state index < -0.39 is 0 Å². The molecular weight excluding hydrogens is 340 g/mol. The van der Waals surface area contributed by atoms with E-state index in [1.54, 1.807) is 0 Å². The quantitative estimate of drug-likeness (QED) is 0.360. The average molecular weight is 360 g/mol. The zero-order valence-corrected chi connectivity index (χ0v) is 15.8. The van der Waals surface area contributed by atoms with Crippen LogP contribution in [0.3, 0.4) is 0 Å². The van der Waals surface area contributed by atoms with Crippen LogP contribution >= 0.6 is 0 Å². The van der Waals surface area contributed by atoms with Crippen LogP contribution in [-0.2, 0) is 6.42 Å². The summed E-state index contributed by atoms with van der Waals surface area (Å²) in [6.07, 6.45) is 7.39. The van der Waals surface area contributed by atoms with E-state index in [4.69, 9.17) is 0 Å². The summed E-state index contributed by atoms with van der Waals surface area (Å²) in [4.78, 5) is 2.20. The Morgan fingerprint density at radius 1 is 0.857 bits per heavy atom. The molecule has 2 aliphatic rings. The van der Waals surface area contributed by atoms with Crippen molar-refractivity contribution in [2.45, 2.75) is 6.42 Å². The molecule has 0 radical (unpaired) electrons. The smallest absolute Gasteiger partial charge is 0.0616 e. The van der Waals surface area contributed by atoms with E-state index in [2.05, 4.69) is 102 Å². The fraction of sp³-hybridized carbons (Fsp3) is 0.0769. The van der Waals surface area contributed by atoms with Crippen molar-refractivity contribution in [1.82, 2.24) is 4.57 Å². The summed E-state index contributed by atoms with van der Waals surface area (Å²) in [5.41, 5.74) is 10.1. The lowest BCUT2D eigenvalue weighted by molar-refractivity contribution is 1.08. The second kappa shape index (κ2) is 5.49. The number of allylic oxidation sites excluding steroid dienone is 4. The molecule has 134 valence electrons. The molecule has 0 saturated carbocycles. The summed E-state index contributed by atoms with van der Waals surface area (Å²) in [6.45, 7) is 4.26. The number of hydrogen-bond acceptors (Lipinski definition) is 1. The standard InChI is InChI=1S/C26H20N2/c1-17-8-5-9-18-16-22-23(27(17)2)14-7-15-25(22)28-24-13-4-3-10-20(24)21-12-6-11-19(18)26(21)28/h3-15H,1,16H2,2H3. The molecule has 2 aliphatic heterocycles. The van der Waals surface area contributed by atoms with Crippen molar-refractivity contribution in [1.29, 1.82) is 0 Å². The first-order chi connectivity index (χ1) is 13.7. The van der Waals surface area contributed by atoms with Gasteiger partial charge in [-0.1, -0.05) is 61.2 Å². The number of rotatable bonds is 0. The molecule has 2 bridgehead atoms. The molecule has 28 heavy (non-hydrogen) atoms. The zero-order chi connectivity index (χ0) is 18.8. The van der Waals surface area contributed by atoms with Crippen LogP contribution in [0.2, 0.25) is 0 Å². The van der Waals surface area contributed by atoms with Crippen LogP contribution in [0.5, 0.6) is 0 Å². The molecule has 3 heterocycles. The molecule has 0 amide bonds. The Kier molecular flexibility index (Phi) is 3.05. The van der Waals surface area contributed by atoms with Crippen LogP contribution in [0.15, 0.2) is 91.2 Å². The van der Waals surface area contributed by atoms with Gasteiger partial charge in [0.1, 0.15) is 0 Å². The van der Waals surface area contributed by atoms with E-state index >= 15 is 0 Å². The summed E-state index contributed by atoms with van der Waals surface area (Å²) >= 11 is 0. The van der Waals surface area contributed by atoms with Gasteiger partial charge in [0.25, 0.3) is 0 Å². The molecule has 3 aromatic carbocycles. The molecule has 2 heteroatoms. The number of fused-ring (bicyclic) bond motifs is 6. The first-order valence-electron chi connectivity index (χ1n) is 9.69. The lowest BCUT2D eigenvalue weighted by Gasteiger charge is -2.24. The molecule has 0 fully saturated rings. The molecular formula is C26H20N2. The molecule has 0 unspecified atom stereocenters. The van der Waals surface area contributed by atoms with Gasteiger partial charge in [-0.2, -0.15) is 0 Å². The van der Waals surface area contributed by atoms with Gasteiger partial charge < -0.3 is 9.47 Å². The minimum atomic E-state index is 0.905. The normalized spacial score (nSPS) is 15.2. The maximum absolute atomic E-state index is 4.26. The number of para-hydroxylation sites is 2. The highest BCUT2D eigenvalue weighted by molar-refractivity contribution is 6.13. The van der Waals surface area contributed by atoms with Gasteiger partial charge in [-0.15, -0.1) is 0 Å². The van der Waals surface area contributed by atoms with Gasteiger partial charge in [0.2, 0.25) is 0 Å². The molecule has 6 rings (SSSR count). The fourth-order valence-electron chi connectivity index (χ4n) is 4.77. The van der Waals surface area contributed by atoms with Gasteiger partial charge in [0, 0.05) is 46.8 Å². The molecule has 1 aromatic heterocycles. The fourth-order valence-corrected chi connectivity index (χ4v) is 4.77. The van der Waals surface area contributed by atoms with E-state index in [1.165, 1.54) is 49.9 Å². The molecule has 4 aromatic rings. The first-order valence-corrected chi connectivity index (χ1v) is 9.69. The zero-order valence-electron chi connectivity index (χ0n) is 15.8. The topological polar surface area (TPSA) is 8.17 Å². The summed E-state index contributed by atoms with van der Waals surface area (Å²) in [6, 6.07) is 22.1. The lowest BCUT2D eigenvalue weighted by atomic mass is 9.95. The van der Waals surface area contributed by atoms with Gasteiger partial charge in [-0.05, 0) is 29.8 Å². The molecule has 2 nitrogen and oxygen atoms in total. The highest BCUT2D eigenvalue weighted by atomic mass is 15.1. The maximum Gasteiger partial charge on any atom is 0.0616 e. The van der Waals surface area contributed by atoms with Gasteiger partial charge in [-0.3, -0.25) is 0 Å². The Balaban J connectivity index is 1.88. The predicted octanol–water partition coefficient (Wildman–Crippen LogP) is 6.24. The summed E-state index contributed by atoms with van der Waals surface area (Å²) in [5, 5.41) is 2.62. The van der Waals surface area contributed by atoms with Crippen molar-refractivity contribution in [3.8, 4) is 5.69 Å². The van der Waals surface area contributed by atoms with Gasteiger partial charge >= 0.3 is 0 Å². The highest BCUT2D eigenvalue weighted by Crippen LogP contribution is 2.43. The average Bonchev–Trinajstić information content (AvgIpc) is 3.01. The van der Waals surface area contributed by atoms with E-state index in [9.17, 15) is 0 Å². The number of anilines is 1. The first kappa shape index (κ1) is 15.5. The van der Waals surface area contributed by atoms with Gasteiger partial charge in [-0.25, -0.2) is 0 Å². The van der Waals surface area contributed by atoms with Crippen molar-refractivity contribution >= 4 is 33.1 Å². The number of likely N-dealkylation sites (N-methyl/N-ethyl adjacent to an activating group) is 1. The lowest BCUT2D eigenvalue weighted by Crippen LogP contribution is -2.16. The third-order valence-corrected chi connectivity index (χ3v) is 6.15. The Morgan fingerprint density at radius 3 is 2.57 bits per heavy atom. The second-order valence-corrected chi connectivity index (χ2v) is 7.61. The number of hydrogen-bond donors (Lipinski definition) is 0. The third-order valence-electron chi connectivity index (χ3n) is 6.15. The summed E-state index contributed by atoms with van der Waals surface area (Å²) < 4.78 is 2.46. The van der Waals surface area contributed by atoms with Crippen molar-refractivity contribution in [2.75, 3.05) is 11.9 Å². The van der Waals surface area contributed by atoms with Crippen LogP contribution in [-0.4, -0.2) is 11.6 Å². The molecule has 0 atom stereocenters. The van der Waals surface area contributed by atoms with Crippen LogP contribution in [0.1, 0.15) is 11.1 Å². The number of aromatic nitrogens is 1. The van der Waals surface area contributed by atoms with Gasteiger partial charge in [0.15, 0.2) is 0 Å². The Hall–Kier alpha value is -3.52. The number of benzene rings is 3. The van der Waals surface area contributed by atoms with Crippen LogP contribution in [0.25, 0.3) is 33.1 Å². The van der Waals surface area contributed by atoms with Gasteiger partial charge in [0.05, 0.1) is 16.7 Å². The molecule has 0 spiro atoms. The monoisotopic (exact) mass is 360 g/mol. The summed E-state index contributed by atoms with van der Waals surface area (Å²) in [5.74, 6) is 0. The highest BCUT2D eigenvalue weighted by Gasteiger charge is 2.25. The Bertz CT molecular complexity index is 1360. The van der Waals surface area contributed by atoms with Crippen LogP contribution in [0, 0.1) is 0 Å². The van der Waals surface area contributed by atoms with Crippen LogP contribution < -0.4 is 4.90 Å². The van der Waals surface area contributed by atoms with Crippen molar-refractivity contribution < 1.29 is 0 Å². The van der Waals surface area contributed by atoms with Crippen molar-refractivity contribution in [3.63, 3.8) is 0 Å². The Labute approximate surface area is 164 Å². The SMILES string of the molecule is C=C1C=CC=C2Cc3c(cccc3-n3c4ccccc4c4cccc2c43)N1C. The number of nitrogens with zero attached hydrogens (tertiary/aromatic N) is 2. The van der Waals surface area contributed by atoms with E-state index in [-0.39, 0.29) is 0 Å². The minimum Gasteiger partial charge on any atom is -0.345 e. The molecule has 0 saturated heterocycles. The second-order valence-electron chi connectivity index (χ2n) is 7.61. The van der Waals surface area contributed by atoms with Crippen molar-refractivity contribution in [2.24, 2.45) is 0 Å². The molecule has 0 N–H and O–H groups in total.